The lowest BCUT2D eigenvalue weighted by molar-refractivity contribution is 0.920. The Morgan fingerprint density at radius 3 is 1.29 bits per heavy atom. The third-order valence-corrected chi connectivity index (χ3v) is 13.6. The van der Waals surface area contributed by atoms with Crippen LogP contribution in [0.15, 0.2) is 191 Å². The number of nitrogens with zero attached hydrogens (tertiary/aromatic N) is 8. The summed E-state index contributed by atoms with van der Waals surface area (Å²) in [6, 6.07) is 62.8. The lowest BCUT2D eigenvalue weighted by atomic mass is 9.83. The van der Waals surface area contributed by atoms with E-state index in [0.29, 0.717) is 35.2 Å². The van der Waals surface area contributed by atoms with Crippen molar-refractivity contribution in [3.05, 3.63) is 202 Å². The molecular weight excluding hydrogens is 944 g/mol. The number of aromatic nitrogens is 8. The van der Waals surface area contributed by atoms with E-state index in [4.69, 9.17) is 29.9 Å². The summed E-state index contributed by atoms with van der Waals surface area (Å²) >= 11 is 7.60. The fourth-order valence-corrected chi connectivity index (χ4v) is 10.4. The summed E-state index contributed by atoms with van der Waals surface area (Å²) in [4.78, 5) is 31.1. The Labute approximate surface area is 395 Å². The van der Waals surface area contributed by atoms with Crippen molar-refractivity contribution in [2.24, 2.45) is 0 Å². The van der Waals surface area contributed by atoms with E-state index >= 15 is 0 Å². The number of hydrogen-bond acceptors (Lipinski definition) is 6. The summed E-state index contributed by atoms with van der Waals surface area (Å²) in [7, 11) is 0. The number of rotatable bonds is 6. The second-order valence-corrected chi connectivity index (χ2v) is 18.4. The van der Waals surface area contributed by atoms with Crippen LogP contribution in [0.2, 0.25) is 0 Å². The molecule has 0 spiro atoms. The molecule has 1 aliphatic carbocycles. The standard InChI is InChI=1S/C56H34Br2N8/c57-38-23-28-48-45(30-38)42-26-25-40-41(50(42)66(48)56-63-53(35-17-9-3-10-18-35)60-54(64-56)36-19-11-4-12-20-36)24-21-37-29-44-46-31-39(58)22-27-47(46)65(49(44)32-43(37)40)55-61-51(33-13-5-1-6-14-33)59-52(62-55)34-15-7-2-8-16-34/h1-20,22-23,25-32H,21,24H2. The highest BCUT2D eigenvalue weighted by Gasteiger charge is 2.27. The number of fused-ring (bicyclic) bond motifs is 10. The first-order chi connectivity index (χ1) is 32.5. The molecule has 0 unspecified atom stereocenters. The molecule has 12 aromatic rings. The maximum Gasteiger partial charge on any atom is 0.238 e. The quantitative estimate of drug-likeness (QED) is 0.165. The lowest BCUT2D eigenvalue weighted by Crippen LogP contribution is -2.10. The third-order valence-electron chi connectivity index (χ3n) is 12.7. The van der Waals surface area contributed by atoms with Crippen LogP contribution in [0.25, 0.3) is 112 Å². The van der Waals surface area contributed by atoms with Gasteiger partial charge in [-0.05, 0) is 83.6 Å². The molecule has 4 heterocycles. The highest BCUT2D eigenvalue weighted by molar-refractivity contribution is 9.10. The molecule has 0 aliphatic heterocycles. The SMILES string of the molecule is Brc1ccc2c(c1)c1cc3c(cc1n2-c1nc(-c2ccccc2)nc(-c2ccccc2)n1)-c1ccc2c4cc(Br)ccc4n(-c4nc(-c5ccccc5)nc(-c5ccccc5)n4)c2c1CC3. The fourth-order valence-electron chi connectivity index (χ4n) is 9.67. The summed E-state index contributed by atoms with van der Waals surface area (Å²) in [6.45, 7) is 0. The van der Waals surface area contributed by atoms with Crippen molar-refractivity contribution in [2.45, 2.75) is 12.8 Å². The Morgan fingerprint density at radius 1 is 0.348 bits per heavy atom. The number of benzene rings is 8. The van der Waals surface area contributed by atoms with Gasteiger partial charge in [0.05, 0.1) is 22.1 Å². The van der Waals surface area contributed by atoms with Crippen molar-refractivity contribution in [3.8, 4) is 68.6 Å². The van der Waals surface area contributed by atoms with Gasteiger partial charge in [-0.2, -0.15) is 19.9 Å². The molecule has 312 valence electrons. The summed E-state index contributed by atoms with van der Waals surface area (Å²) in [5.74, 6) is 3.59. The van der Waals surface area contributed by atoms with Crippen LogP contribution >= 0.6 is 31.9 Å². The third kappa shape index (κ3) is 6.39. The van der Waals surface area contributed by atoms with Crippen LogP contribution in [0.1, 0.15) is 11.1 Å². The molecule has 0 bridgehead atoms. The summed E-state index contributed by atoms with van der Waals surface area (Å²) in [6.07, 6.45) is 1.69. The van der Waals surface area contributed by atoms with E-state index in [2.05, 4.69) is 126 Å². The molecule has 0 saturated carbocycles. The first kappa shape index (κ1) is 38.8. The lowest BCUT2D eigenvalue weighted by Gasteiger charge is -2.22. The van der Waals surface area contributed by atoms with Gasteiger partial charge in [-0.1, -0.05) is 165 Å². The van der Waals surface area contributed by atoms with Crippen LogP contribution in [-0.2, 0) is 12.8 Å². The van der Waals surface area contributed by atoms with Crippen molar-refractivity contribution in [3.63, 3.8) is 0 Å². The first-order valence-corrected chi connectivity index (χ1v) is 23.4. The second kappa shape index (κ2) is 15.5. The van der Waals surface area contributed by atoms with Gasteiger partial charge in [0.1, 0.15) is 0 Å². The van der Waals surface area contributed by atoms with Gasteiger partial charge in [-0.3, -0.25) is 9.13 Å². The smallest absolute Gasteiger partial charge is 0.238 e. The Kier molecular flexibility index (Phi) is 9.11. The Hall–Kier alpha value is -7.66. The van der Waals surface area contributed by atoms with Crippen LogP contribution in [-0.4, -0.2) is 39.0 Å². The molecular formula is C56H34Br2N8. The van der Waals surface area contributed by atoms with Crippen LogP contribution in [0.5, 0.6) is 0 Å². The minimum atomic E-state index is 0.556. The van der Waals surface area contributed by atoms with Gasteiger partial charge in [0.25, 0.3) is 0 Å². The highest BCUT2D eigenvalue weighted by Crippen LogP contribution is 2.45. The number of aryl methyl sites for hydroxylation is 2. The predicted octanol–water partition coefficient (Wildman–Crippen LogP) is 14.2. The molecule has 13 rings (SSSR count). The Bertz CT molecular complexity index is 3760. The van der Waals surface area contributed by atoms with Crippen molar-refractivity contribution >= 4 is 75.5 Å². The molecule has 4 aromatic heterocycles. The van der Waals surface area contributed by atoms with E-state index in [1.165, 1.54) is 22.3 Å². The highest BCUT2D eigenvalue weighted by atomic mass is 79.9. The van der Waals surface area contributed by atoms with Gasteiger partial charge in [-0.25, -0.2) is 9.97 Å². The molecule has 1 aliphatic rings. The monoisotopic (exact) mass is 976 g/mol. The molecule has 0 radical (unpaired) electrons. The topological polar surface area (TPSA) is 87.2 Å². The molecule has 10 heteroatoms. The minimum absolute atomic E-state index is 0.556. The molecule has 0 fully saturated rings. The average Bonchev–Trinajstić information content (AvgIpc) is 3.88. The Balaban J connectivity index is 1.08. The van der Waals surface area contributed by atoms with Crippen molar-refractivity contribution in [1.29, 1.82) is 0 Å². The molecule has 0 amide bonds. The zero-order valence-electron chi connectivity index (χ0n) is 35.1. The largest absolute Gasteiger partial charge is 0.278 e. The molecule has 66 heavy (non-hydrogen) atoms. The van der Waals surface area contributed by atoms with Gasteiger partial charge < -0.3 is 0 Å². The van der Waals surface area contributed by atoms with Crippen molar-refractivity contribution in [2.75, 3.05) is 0 Å². The predicted molar refractivity (Wildman–Crippen MR) is 272 cm³/mol. The van der Waals surface area contributed by atoms with Gasteiger partial charge in [0.2, 0.25) is 11.9 Å². The molecule has 0 atom stereocenters. The maximum absolute atomic E-state index is 5.27. The zero-order valence-corrected chi connectivity index (χ0v) is 38.2. The molecule has 0 N–H and O–H groups in total. The number of halogens is 2. The number of hydrogen-bond donors (Lipinski definition) is 0. The van der Waals surface area contributed by atoms with E-state index in [9.17, 15) is 0 Å². The van der Waals surface area contributed by atoms with Gasteiger partial charge in [0.15, 0.2) is 23.3 Å². The van der Waals surface area contributed by atoms with Gasteiger partial charge >= 0.3 is 0 Å². The zero-order chi connectivity index (χ0) is 43.9. The normalized spacial score (nSPS) is 12.3. The van der Waals surface area contributed by atoms with Crippen LogP contribution in [0, 0.1) is 0 Å². The minimum Gasteiger partial charge on any atom is -0.278 e. The van der Waals surface area contributed by atoms with Crippen LogP contribution in [0.4, 0.5) is 0 Å². The van der Waals surface area contributed by atoms with Crippen molar-refractivity contribution in [1.82, 2.24) is 39.0 Å². The summed E-state index contributed by atoms with van der Waals surface area (Å²) in [5, 5.41) is 4.53. The van der Waals surface area contributed by atoms with Gasteiger partial charge in [-0.15, -0.1) is 0 Å². The average molecular weight is 979 g/mol. The maximum atomic E-state index is 5.27. The fraction of sp³-hybridized carbons (Fsp3) is 0.0357. The first-order valence-electron chi connectivity index (χ1n) is 21.8. The Morgan fingerprint density at radius 2 is 0.788 bits per heavy atom. The molecule has 8 nitrogen and oxygen atoms in total. The van der Waals surface area contributed by atoms with E-state index in [1.54, 1.807) is 0 Å². The molecule has 8 aromatic carbocycles. The van der Waals surface area contributed by atoms with E-state index in [0.717, 1.165) is 87.7 Å². The summed E-state index contributed by atoms with van der Waals surface area (Å²) in [5.41, 5.74) is 12.7. The van der Waals surface area contributed by atoms with Crippen LogP contribution < -0.4 is 0 Å². The van der Waals surface area contributed by atoms with E-state index in [1.807, 2.05) is 97.1 Å². The molecule has 0 saturated heterocycles. The van der Waals surface area contributed by atoms with Crippen molar-refractivity contribution < 1.29 is 0 Å². The second-order valence-electron chi connectivity index (χ2n) is 16.5. The van der Waals surface area contributed by atoms with Crippen LogP contribution in [0.3, 0.4) is 0 Å². The van der Waals surface area contributed by atoms with Gasteiger partial charge in [0, 0.05) is 52.7 Å². The van der Waals surface area contributed by atoms with E-state index in [-0.39, 0.29) is 0 Å². The summed E-state index contributed by atoms with van der Waals surface area (Å²) < 4.78 is 6.48. The van der Waals surface area contributed by atoms with E-state index < -0.39 is 0 Å².